The number of aldehydes is 1. The van der Waals surface area contributed by atoms with Gasteiger partial charge in [0.15, 0.2) is 11.5 Å². The molecule has 0 aliphatic carbocycles. The minimum absolute atomic E-state index is 0.276. The van der Waals surface area contributed by atoms with E-state index in [1.807, 2.05) is 24.3 Å². The van der Waals surface area contributed by atoms with E-state index in [0.29, 0.717) is 0 Å². The van der Waals surface area contributed by atoms with Crippen molar-refractivity contribution in [3.63, 3.8) is 0 Å². The first-order valence-corrected chi connectivity index (χ1v) is 5.39. The van der Waals surface area contributed by atoms with Crippen LogP contribution in [0.2, 0.25) is 0 Å². The fourth-order valence-electron chi connectivity index (χ4n) is 1.67. The van der Waals surface area contributed by atoms with Gasteiger partial charge in [-0.25, -0.2) is 0 Å². The highest BCUT2D eigenvalue weighted by atomic mass is 16.7. The number of hydrogen-bond acceptors (Lipinski definition) is 3. The molecule has 0 saturated heterocycles. The molecular formula is C13H14O3. The fraction of sp³-hybridized carbons (Fsp3) is 0.308. The molecule has 2 rings (SSSR count). The topological polar surface area (TPSA) is 35.5 Å². The van der Waals surface area contributed by atoms with E-state index in [1.165, 1.54) is 0 Å². The van der Waals surface area contributed by atoms with Gasteiger partial charge in [0.1, 0.15) is 6.29 Å². The third kappa shape index (κ3) is 2.24. The molecule has 0 atom stereocenters. The Balaban J connectivity index is 2.24. The molecule has 84 valence electrons. The second-order valence-electron chi connectivity index (χ2n) is 3.70. The van der Waals surface area contributed by atoms with Crippen molar-refractivity contribution in [3.05, 3.63) is 29.3 Å². The van der Waals surface area contributed by atoms with Gasteiger partial charge in [0, 0.05) is 0 Å². The average molecular weight is 218 g/mol. The Hall–Kier alpha value is -1.77. The van der Waals surface area contributed by atoms with Crippen LogP contribution in [0.25, 0.3) is 6.08 Å². The zero-order valence-electron chi connectivity index (χ0n) is 9.23. The lowest BCUT2D eigenvalue weighted by molar-refractivity contribution is -0.105. The van der Waals surface area contributed by atoms with E-state index in [0.717, 1.165) is 41.8 Å². The molecule has 0 bridgehead atoms. The maximum absolute atomic E-state index is 10.8. The summed E-state index contributed by atoms with van der Waals surface area (Å²) in [4.78, 5) is 10.8. The minimum Gasteiger partial charge on any atom is -0.454 e. The van der Waals surface area contributed by atoms with E-state index in [2.05, 4.69) is 6.92 Å². The van der Waals surface area contributed by atoms with E-state index in [9.17, 15) is 4.79 Å². The normalized spacial score (nSPS) is 13.9. The summed E-state index contributed by atoms with van der Waals surface area (Å²) in [6, 6.07) is 5.68. The van der Waals surface area contributed by atoms with Crippen LogP contribution in [0.5, 0.6) is 11.5 Å². The zero-order valence-corrected chi connectivity index (χ0v) is 9.23. The van der Waals surface area contributed by atoms with Crippen molar-refractivity contribution < 1.29 is 14.3 Å². The van der Waals surface area contributed by atoms with Crippen LogP contribution in [0, 0.1) is 0 Å². The van der Waals surface area contributed by atoms with Crippen LogP contribution < -0.4 is 9.47 Å². The van der Waals surface area contributed by atoms with Gasteiger partial charge < -0.3 is 9.47 Å². The molecular weight excluding hydrogens is 204 g/mol. The van der Waals surface area contributed by atoms with Crippen LogP contribution in [-0.4, -0.2) is 13.1 Å². The molecule has 0 fully saturated rings. The lowest BCUT2D eigenvalue weighted by Gasteiger charge is -2.00. The second kappa shape index (κ2) is 4.84. The molecule has 1 aromatic carbocycles. The van der Waals surface area contributed by atoms with Crippen molar-refractivity contribution in [2.75, 3.05) is 6.79 Å². The Kier molecular flexibility index (Phi) is 3.25. The molecule has 0 radical (unpaired) electrons. The van der Waals surface area contributed by atoms with Crippen molar-refractivity contribution in [2.24, 2.45) is 0 Å². The van der Waals surface area contributed by atoms with Crippen LogP contribution >= 0.6 is 0 Å². The van der Waals surface area contributed by atoms with Crippen molar-refractivity contribution in [2.45, 2.75) is 19.8 Å². The van der Waals surface area contributed by atoms with Crippen LogP contribution in [0.15, 0.2) is 23.8 Å². The monoisotopic (exact) mass is 218 g/mol. The van der Waals surface area contributed by atoms with Crippen LogP contribution in [0.1, 0.15) is 25.3 Å². The lowest BCUT2D eigenvalue weighted by atomic mass is 10.1. The Morgan fingerprint density at radius 2 is 2.19 bits per heavy atom. The van der Waals surface area contributed by atoms with E-state index >= 15 is 0 Å². The molecule has 0 saturated carbocycles. The van der Waals surface area contributed by atoms with Gasteiger partial charge >= 0.3 is 0 Å². The number of ether oxygens (including phenoxy) is 2. The van der Waals surface area contributed by atoms with E-state index in [4.69, 9.17) is 9.47 Å². The SMILES string of the molecule is CCCC(C=O)=Cc1ccc2c(c1)OCO2. The van der Waals surface area contributed by atoms with Crippen molar-refractivity contribution >= 4 is 12.4 Å². The molecule has 16 heavy (non-hydrogen) atoms. The number of allylic oxidation sites excluding steroid dienone is 1. The lowest BCUT2D eigenvalue weighted by Crippen LogP contribution is -1.92. The first-order chi connectivity index (χ1) is 7.83. The van der Waals surface area contributed by atoms with Crippen molar-refractivity contribution in [1.29, 1.82) is 0 Å². The molecule has 3 heteroatoms. The Morgan fingerprint density at radius 3 is 2.94 bits per heavy atom. The molecule has 0 N–H and O–H groups in total. The third-order valence-corrected chi connectivity index (χ3v) is 2.44. The number of fused-ring (bicyclic) bond motifs is 1. The predicted octanol–water partition coefficient (Wildman–Crippen LogP) is 2.80. The summed E-state index contributed by atoms with van der Waals surface area (Å²) >= 11 is 0. The number of carbonyl (C=O) groups is 1. The third-order valence-electron chi connectivity index (χ3n) is 2.44. The van der Waals surface area contributed by atoms with Gasteiger partial charge in [0.25, 0.3) is 0 Å². The molecule has 1 heterocycles. The Morgan fingerprint density at radius 1 is 1.38 bits per heavy atom. The maximum Gasteiger partial charge on any atom is 0.231 e. The summed E-state index contributed by atoms with van der Waals surface area (Å²) in [6.07, 6.45) is 4.57. The molecule has 0 aromatic heterocycles. The maximum atomic E-state index is 10.8. The summed E-state index contributed by atoms with van der Waals surface area (Å²) in [5, 5.41) is 0. The molecule has 0 spiro atoms. The van der Waals surface area contributed by atoms with Crippen molar-refractivity contribution in [1.82, 2.24) is 0 Å². The zero-order chi connectivity index (χ0) is 11.4. The van der Waals surface area contributed by atoms with Gasteiger partial charge in [-0.3, -0.25) is 4.79 Å². The highest BCUT2D eigenvalue weighted by molar-refractivity contribution is 5.81. The molecule has 1 aliphatic heterocycles. The average Bonchev–Trinajstić information content (AvgIpc) is 2.75. The van der Waals surface area contributed by atoms with Gasteiger partial charge in [0.05, 0.1) is 0 Å². The summed E-state index contributed by atoms with van der Waals surface area (Å²) in [7, 11) is 0. The van der Waals surface area contributed by atoms with Crippen LogP contribution in [0.3, 0.4) is 0 Å². The molecule has 3 nitrogen and oxygen atoms in total. The van der Waals surface area contributed by atoms with Gasteiger partial charge in [-0.1, -0.05) is 19.4 Å². The number of rotatable bonds is 4. The number of benzene rings is 1. The molecule has 0 amide bonds. The molecule has 0 unspecified atom stereocenters. The second-order valence-corrected chi connectivity index (χ2v) is 3.70. The first kappa shape index (κ1) is 10.7. The van der Waals surface area contributed by atoms with Gasteiger partial charge in [0.2, 0.25) is 6.79 Å². The first-order valence-electron chi connectivity index (χ1n) is 5.39. The number of carbonyl (C=O) groups excluding carboxylic acids is 1. The summed E-state index contributed by atoms with van der Waals surface area (Å²) in [6.45, 7) is 2.33. The predicted molar refractivity (Wildman–Crippen MR) is 61.5 cm³/mol. The van der Waals surface area contributed by atoms with Crippen LogP contribution in [-0.2, 0) is 4.79 Å². The molecule has 1 aliphatic rings. The Labute approximate surface area is 94.7 Å². The minimum atomic E-state index is 0.276. The van der Waals surface area contributed by atoms with Gasteiger partial charge in [-0.15, -0.1) is 0 Å². The highest BCUT2D eigenvalue weighted by Crippen LogP contribution is 2.33. The standard InChI is InChI=1S/C13H14O3/c1-2-3-11(8-14)6-10-4-5-12-13(7-10)16-9-15-12/h4-8H,2-3,9H2,1H3. The smallest absolute Gasteiger partial charge is 0.231 e. The Bertz CT molecular complexity index is 421. The molecule has 1 aromatic rings. The highest BCUT2D eigenvalue weighted by Gasteiger charge is 2.12. The largest absolute Gasteiger partial charge is 0.454 e. The van der Waals surface area contributed by atoms with Gasteiger partial charge in [-0.05, 0) is 35.8 Å². The fourth-order valence-corrected chi connectivity index (χ4v) is 1.67. The summed E-state index contributed by atoms with van der Waals surface area (Å²) in [5.41, 5.74) is 1.78. The van der Waals surface area contributed by atoms with E-state index < -0.39 is 0 Å². The van der Waals surface area contributed by atoms with Crippen LogP contribution in [0.4, 0.5) is 0 Å². The van der Waals surface area contributed by atoms with Crippen molar-refractivity contribution in [3.8, 4) is 11.5 Å². The van der Waals surface area contributed by atoms with E-state index in [1.54, 1.807) is 0 Å². The van der Waals surface area contributed by atoms with Gasteiger partial charge in [-0.2, -0.15) is 0 Å². The number of hydrogen-bond donors (Lipinski definition) is 0. The van der Waals surface area contributed by atoms with E-state index in [-0.39, 0.29) is 6.79 Å². The summed E-state index contributed by atoms with van der Waals surface area (Å²) in [5.74, 6) is 1.51. The quantitative estimate of drug-likeness (QED) is 0.575. The summed E-state index contributed by atoms with van der Waals surface area (Å²) < 4.78 is 10.5.